The van der Waals surface area contributed by atoms with Crippen LogP contribution in [-0.4, -0.2) is 72.8 Å². The van der Waals surface area contributed by atoms with Crippen LogP contribution in [0.25, 0.3) is 0 Å². The minimum atomic E-state index is 0.110. The molecule has 0 radical (unpaired) electrons. The Morgan fingerprint density at radius 1 is 1.00 bits per heavy atom. The third kappa shape index (κ3) is 6.73. The quantitative estimate of drug-likeness (QED) is 0.495. The lowest BCUT2D eigenvalue weighted by Gasteiger charge is -2.25. The van der Waals surface area contributed by atoms with Gasteiger partial charge in [0.25, 0.3) is 0 Å². The van der Waals surface area contributed by atoms with E-state index in [9.17, 15) is 4.79 Å². The highest BCUT2D eigenvalue weighted by Crippen LogP contribution is 2.26. The van der Waals surface area contributed by atoms with Crippen LogP contribution >= 0.6 is 0 Å². The summed E-state index contributed by atoms with van der Waals surface area (Å²) in [5.74, 6) is 2.54. The highest BCUT2D eigenvalue weighted by molar-refractivity contribution is 5.76. The van der Waals surface area contributed by atoms with Gasteiger partial charge < -0.3 is 23.7 Å². The van der Waals surface area contributed by atoms with E-state index in [1.54, 1.807) is 14.2 Å². The Hall–Kier alpha value is -2.61. The average molecular weight is 419 g/mol. The topological polar surface area (TPSA) is 80.9 Å². The number of benzene rings is 1. The molecule has 8 heteroatoms. The van der Waals surface area contributed by atoms with Crippen molar-refractivity contribution in [1.82, 2.24) is 20.0 Å². The highest BCUT2D eigenvalue weighted by Gasteiger charge is 2.16. The number of nitrogens with zero attached hydrogens (tertiary/aromatic N) is 4. The molecule has 0 saturated carbocycles. The van der Waals surface area contributed by atoms with E-state index < -0.39 is 0 Å². The zero-order chi connectivity index (χ0) is 21.9. The van der Waals surface area contributed by atoms with Crippen molar-refractivity contribution in [2.45, 2.75) is 40.0 Å². The number of carbonyl (C=O) groups is 1. The molecule has 0 unspecified atom stereocenters. The predicted molar refractivity (Wildman–Crippen MR) is 115 cm³/mol. The Morgan fingerprint density at radius 3 is 2.37 bits per heavy atom. The van der Waals surface area contributed by atoms with Gasteiger partial charge in [0.05, 0.1) is 20.6 Å². The molecule has 0 bridgehead atoms. The Balaban J connectivity index is 1.91. The lowest BCUT2D eigenvalue weighted by molar-refractivity contribution is -0.131. The number of carbonyl (C=O) groups excluding carboxylic acids is 1. The smallest absolute Gasteiger partial charge is 0.223 e. The molecular weight excluding hydrogens is 384 g/mol. The summed E-state index contributed by atoms with van der Waals surface area (Å²) in [6, 6.07) is 5.58. The molecule has 0 N–H and O–H groups in total. The van der Waals surface area contributed by atoms with Gasteiger partial charge in [-0.25, -0.2) is 0 Å². The fraction of sp³-hybridized carbons (Fsp3) is 0.591. The second-order valence-electron chi connectivity index (χ2n) is 6.94. The number of ether oxygens (including phenoxy) is 2. The van der Waals surface area contributed by atoms with E-state index in [2.05, 4.69) is 28.9 Å². The lowest BCUT2D eigenvalue weighted by Crippen LogP contribution is -2.38. The van der Waals surface area contributed by atoms with Gasteiger partial charge in [0.15, 0.2) is 0 Å². The molecule has 2 aromatic rings. The summed E-state index contributed by atoms with van der Waals surface area (Å²) < 4.78 is 16.4. The number of hydrogen-bond donors (Lipinski definition) is 0. The van der Waals surface area contributed by atoms with E-state index >= 15 is 0 Å². The molecule has 166 valence electrons. The third-order valence-corrected chi connectivity index (χ3v) is 5.21. The van der Waals surface area contributed by atoms with E-state index in [-0.39, 0.29) is 5.91 Å². The minimum absolute atomic E-state index is 0.110. The summed E-state index contributed by atoms with van der Waals surface area (Å²) in [4.78, 5) is 16.8. The number of rotatable bonds is 13. The second-order valence-corrected chi connectivity index (χ2v) is 6.94. The van der Waals surface area contributed by atoms with Gasteiger partial charge in [-0.2, -0.15) is 0 Å². The number of methoxy groups -OCH3 is 2. The number of likely N-dealkylation sites (N-methyl/N-ethyl adjacent to an activating group) is 2. The summed E-state index contributed by atoms with van der Waals surface area (Å²) in [7, 11) is 3.24. The van der Waals surface area contributed by atoms with Gasteiger partial charge in [-0.1, -0.05) is 13.8 Å². The zero-order valence-electron chi connectivity index (χ0n) is 18.8. The standard InChI is InChI=1S/C22H34N4O4/c1-6-25(7-2)13-14-26(8-3)22(27)12-11-20-23-24-21(30-20)16-17-15-18(28-4)9-10-19(17)29-5/h9-10,15H,6-8,11-14,16H2,1-5H3. The number of hydrogen-bond acceptors (Lipinski definition) is 7. The van der Waals surface area contributed by atoms with Crippen LogP contribution in [0.1, 0.15) is 44.5 Å². The first-order valence-electron chi connectivity index (χ1n) is 10.6. The SMILES string of the molecule is CCN(CC)CCN(CC)C(=O)CCc1nnc(Cc2cc(OC)ccc2OC)o1. The normalized spacial score (nSPS) is 11.0. The van der Waals surface area contributed by atoms with Crippen molar-refractivity contribution in [2.24, 2.45) is 0 Å². The predicted octanol–water partition coefficient (Wildman–Crippen LogP) is 2.80. The van der Waals surface area contributed by atoms with E-state index in [0.29, 0.717) is 37.6 Å². The first-order valence-corrected chi connectivity index (χ1v) is 10.6. The van der Waals surface area contributed by atoms with Crippen LogP contribution in [0.4, 0.5) is 0 Å². The first-order chi connectivity index (χ1) is 14.5. The molecule has 0 saturated heterocycles. The summed E-state index contributed by atoms with van der Waals surface area (Å²) >= 11 is 0. The van der Waals surface area contributed by atoms with Crippen LogP contribution < -0.4 is 9.47 Å². The van der Waals surface area contributed by atoms with Crippen LogP contribution in [0.3, 0.4) is 0 Å². The van der Waals surface area contributed by atoms with Crippen molar-refractivity contribution in [3.63, 3.8) is 0 Å². The minimum Gasteiger partial charge on any atom is -0.497 e. The Morgan fingerprint density at radius 2 is 1.73 bits per heavy atom. The lowest BCUT2D eigenvalue weighted by atomic mass is 10.1. The maximum absolute atomic E-state index is 12.6. The van der Waals surface area contributed by atoms with Gasteiger partial charge in [0.1, 0.15) is 11.5 Å². The van der Waals surface area contributed by atoms with E-state index in [1.165, 1.54) is 0 Å². The van der Waals surface area contributed by atoms with E-state index in [1.807, 2.05) is 30.0 Å². The third-order valence-electron chi connectivity index (χ3n) is 5.21. The molecule has 1 amide bonds. The average Bonchev–Trinajstić information content (AvgIpc) is 3.22. The van der Waals surface area contributed by atoms with Crippen molar-refractivity contribution in [3.05, 3.63) is 35.5 Å². The Bertz CT molecular complexity index is 789. The largest absolute Gasteiger partial charge is 0.497 e. The molecule has 0 spiro atoms. The molecule has 8 nitrogen and oxygen atoms in total. The van der Waals surface area contributed by atoms with Gasteiger partial charge in [0, 0.05) is 38.0 Å². The number of aryl methyl sites for hydroxylation is 1. The second kappa shape index (κ2) is 12.2. The van der Waals surface area contributed by atoms with Gasteiger partial charge in [0.2, 0.25) is 17.7 Å². The fourth-order valence-electron chi connectivity index (χ4n) is 3.28. The fourth-order valence-corrected chi connectivity index (χ4v) is 3.28. The molecule has 0 aliphatic rings. The van der Waals surface area contributed by atoms with Gasteiger partial charge in [-0.15, -0.1) is 10.2 Å². The molecule has 0 aliphatic carbocycles. The summed E-state index contributed by atoms with van der Waals surface area (Å²) in [5, 5.41) is 8.22. The zero-order valence-corrected chi connectivity index (χ0v) is 18.8. The molecule has 1 heterocycles. The Kier molecular flexibility index (Phi) is 9.60. The highest BCUT2D eigenvalue weighted by atomic mass is 16.5. The maximum Gasteiger partial charge on any atom is 0.223 e. The van der Waals surface area contributed by atoms with Crippen molar-refractivity contribution in [3.8, 4) is 11.5 Å². The number of aromatic nitrogens is 2. The molecule has 0 aliphatic heterocycles. The van der Waals surface area contributed by atoms with Crippen LogP contribution in [-0.2, 0) is 17.6 Å². The van der Waals surface area contributed by atoms with Crippen LogP contribution in [0.5, 0.6) is 11.5 Å². The van der Waals surface area contributed by atoms with Crippen molar-refractivity contribution in [1.29, 1.82) is 0 Å². The van der Waals surface area contributed by atoms with Crippen LogP contribution in [0.15, 0.2) is 22.6 Å². The molecule has 0 fully saturated rings. The van der Waals surface area contributed by atoms with Crippen molar-refractivity contribution in [2.75, 3.05) is 46.9 Å². The molecule has 1 aromatic heterocycles. The molecule has 0 atom stereocenters. The molecule has 2 rings (SSSR count). The van der Waals surface area contributed by atoms with Gasteiger partial charge in [-0.3, -0.25) is 4.79 Å². The van der Waals surface area contributed by atoms with E-state index in [4.69, 9.17) is 13.9 Å². The first kappa shape index (κ1) is 23.7. The molecule has 1 aromatic carbocycles. The van der Waals surface area contributed by atoms with Crippen LogP contribution in [0, 0.1) is 0 Å². The van der Waals surface area contributed by atoms with Gasteiger partial charge >= 0.3 is 0 Å². The van der Waals surface area contributed by atoms with Crippen molar-refractivity contribution >= 4 is 5.91 Å². The molecule has 30 heavy (non-hydrogen) atoms. The number of amides is 1. The Labute approximate surface area is 179 Å². The van der Waals surface area contributed by atoms with Gasteiger partial charge in [-0.05, 0) is 38.2 Å². The molecular formula is C22H34N4O4. The van der Waals surface area contributed by atoms with E-state index in [0.717, 1.165) is 43.2 Å². The summed E-state index contributed by atoms with van der Waals surface area (Å²) in [6.45, 7) is 10.6. The van der Waals surface area contributed by atoms with Crippen LogP contribution in [0.2, 0.25) is 0 Å². The monoisotopic (exact) mass is 418 g/mol. The van der Waals surface area contributed by atoms with Crippen molar-refractivity contribution < 1.29 is 18.7 Å². The summed E-state index contributed by atoms with van der Waals surface area (Å²) in [6.07, 6.45) is 1.23. The summed E-state index contributed by atoms with van der Waals surface area (Å²) in [5.41, 5.74) is 0.900. The maximum atomic E-state index is 12.6.